The molecule has 0 bridgehead atoms. The van der Waals surface area contributed by atoms with Crippen LogP contribution in [0.25, 0.3) is 0 Å². The lowest BCUT2D eigenvalue weighted by atomic mass is 10.2. The van der Waals surface area contributed by atoms with Crippen molar-refractivity contribution in [1.82, 2.24) is 5.32 Å². The molecule has 0 unspecified atom stereocenters. The van der Waals surface area contributed by atoms with Crippen molar-refractivity contribution in [3.63, 3.8) is 0 Å². The van der Waals surface area contributed by atoms with Gasteiger partial charge >= 0.3 is 0 Å². The lowest BCUT2D eigenvalue weighted by Gasteiger charge is -2.14. The summed E-state index contributed by atoms with van der Waals surface area (Å²) in [4.78, 5) is 4.09. The number of benzene rings is 2. The van der Waals surface area contributed by atoms with E-state index in [1.807, 2.05) is 0 Å². The first-order valence-corrected chi connectivity index (χ1v) is 10.3. The molecule has 10 heteroatoms. The highest BCUT2D eigenvalue weighted by molar-refractivity contribution is 6.33. The molecule has 0 heterocycles. The number of halogens is 4. The summed E-state index contributed by atoms with van der Waals surface area (Å²) < 4.78 is 45.4. The van der Waals surface area contributed by atoms with Crippen LogP contribution >= 0.6 is 23.2 Å². The molecule has 0 spiro atoms. The topological polar surface area (TPSA) is 61.3 Å². The van der Waals surface area contributed by atoms with Crippen molar-refractivity contribution in [2.45, 2.75) is 19.1 Å². The van der Waals surface area contributed by atoms with E-state index in [9.17, 15) is 8.78 Å². The summed E-state index contributed by atoms with van der Waals surface area (Å²) in [5, 5.41) is 3.85. The number of aliphatic imine (C=N–C) groups is 1. The van der Waals surface area contributed by atoms with E-state index in [1.54, 1.807) is 32.6 Å². The Kier molecular flexibility index (Phi) is 14.2. The molecule has 6 nitrogen and oxygen atoms in total. The van der Waals surface area contributed by atoms with Gasteiger partial charge in [0.05, 0.1) is 11.6 Å². The van der Waals surface area contributed by atoms with Gasteiger partial charge in [0.2, 0.25) is 0 Å². The van der Waals surface area contributed by atoms with Crippen LogP contribution in [0.3, 0.4) is 0 Å². The third-order valence-electron chi connectivity index (χ3n) is 4.14. The predicted octanol–water partition coefficient (Wildman–Crippen LogP) is 4.70. The van der Waals surface area contributed by atoms with E-state index in [0.717, 1.165) is 5.56 Å². The van der Waals surface area contributed by atoms with E-state index < -0.39 is 0 Å². The minimum atomic E-state index is -0.379. The Bertz CT molecular complexity index is 836. The van der Waals surface area contributed by atoms with E-state index >= 15 is 0 Å². The van der Waals surface area contributed by atoms with Gasteiger partial charge in [-0.05, 0) is 35.9 Å². The Balaban J connectivity index is 0.000000320. The van der Waals surface area contributed by atoms with Gasteiger partial charge in [-0.15, -0.1) is 0 Å². The van der Waals surface area contributed by atoms with Crippen molar-refractivity contribution in [3.8, 4) is 0 Å². The molecule has 0 atom stereocenters. The smallest absolute Gasteiger partial charge is 0.176 e. The zero-order chi connectivity index (χ0) is 23.9. The minimum Gasteiger partial charge on any atom is -0.355 e. The first-order valence-electron chi connectivity index (χ1n) is 9.55. The van der Waals surface area contributed by atoms with E-state index in [-0.39, 0.29) is 24.2 Å². The molecule has 2 aromatic rings. The SMILES string of the molecule is COC(CN=Cc1ccc(F)cc1Cl)OC.COC(CNCc1ccc(F)cc1Cl)OC. The molecular formula is C22H28Cl2F2N2O4. The van der Waals surface area contributed by atoms with Crippen molar-refractivity contribution in [2.24, 2.45) is 4.99 Å². The van der Waals surface area contributed by atoms with Gasteiger partial charge in [0, 0.05) is 58.3 Å². The van der Waals surface area contributed by atoms with Gasteiger partial charge < -0.3 is 24.3 Å². The van der Waals surface area contributed by atoms with Crippen molar-refractivity contribution < 1.29 is 27.7 Å². The van der Waals surface area contributed by atoms with Crippen molar-refractivity contribution in [3.05, 3.63) is 69.2 Å². The first kappa shape index (κ1) is 28.4. The number of rotatable bonds is 11. The maximum atomic E-state index is 12.8. The summed E-state index contributed by atoms with van der Waals surface area (Å²) in [7, 11) is 6.21. The van der Waals surface area contributed by atoms with Crippen LogP contribution in [0.15, 0.2) is 41.4 Å². The highest BCUT2D eigenvalue weighted by Gasteiger charge is 2.06. The number of ether oxygens (including phenoxy) is 4. The van der Waals surface area contributed by atoms with E-state index in [2.05, 4.69) is 10.3 Å². The summed E-state index contributed by atoms with van der Waals surface area (Å²) in [6.07, 6.45) is 0.891. The molecule has 0 aliphatic heterocycles. The van der Waals surface area contributed by atoms with Crippen LogP contribution in [0.2, 0.25) is 10.0 Å². The number of hydrogen-bond acceptors (Lipinski definition) is 6. The van der Waals surface area contributed by atoms with E-state index in [4.69, 9.17) is 42.1 Å². The lowest BCUT2D eigenvalue weighted by molar-refractivity contribution is -0.0989. The Labute approximate surface area is 197 Å². The standard InChI is InChI=1S/C11H15ClFNO2.C11H13ClFNO2/c2*1-15-11(16-2)7-14-6-8-3-4-9(13)5-10(8)12/h3-5,11,14H,6-7H2,1-2H3;3-6,11H,7H2,1-2H3. The fourth-order valence-corrected chi connectivity index (χ4v) is 2.79. The van der Waals surface area contributed by atoms with Crippen LogP contribution in [0.1, 0.15) is 11.1 Å². The number of hydrogen-bond donors (Lipinski definition) is 1. The third kappa shape index (κ3) is 10.8. The lowest BCUT2D eigenvalue weighted by Crippen LogP contribution is -2.29. The zero-order valence-corrected chi connectivity index (χ0v) is 19.9. The maximum Gasteiger partial charge on any atom is 0.176 e. The second kappa shape index (κ2) is 16.0. The molecule has 32 heavy (non-hydrogen) atoms. The Morgan fingerprint density at radius 1 is 0.875 bits per heavy atom. The van der Waals surface area contributed by atoms with Crippen molar-refractivity contribution in [1.29, 1.82) is 0 Å². The second-order valence-corrected chi connectivity index (χ2v) is 7.14. The van der Waals surface area contributed by atoms with Gasteiger partial charge in [0.1, 0.15) is 11.6 Å². The van der Waals surface area contributed by atoms with Crippen LogP contribution in [0, 0.1) is 11.6 Å². The quantitative estimate of drug-likeness (QED) is 0.363. The summed E-state index contributed by atoms with van der Waals surface area (Å²) in [6, 6.07) is 8.47. The predicted molar refractivity (Wildman–Crippen MR) is 123 cm³/mol. The van der Waals surface area contributed by atoms with Crippen LogP contribution in [-0.4, -0.2) is 60.3 Å². The van der Waals surface area contributed by atoms with Gasteiger partial charge in [0.15, 0.2) is 12.6 Å². The molecule has 1 N–H and O–H groups in total. The van der Waals surface area contributed by atoms with E-state index in [1.165, 1.54) is 38.5 Å². The molecule has 0 saturated carbocycles. The Morgan fingerprint density at radius 2 is 1.44 bits per heavy atom. The normalized spacial score (nSPS) is 11.3. The summed E-state index contributed by atoms with van der Waals surface area (Å²) in [5.74, 6) is -0.700. The number of methoxy groups -OCH3 is 4. The number of nitrogens with zero attached hydrogens (tertiary/aromatic N) is 1. The molecule has 0 aliphatic rings. The average molecular weight is 493 g/mol. The molecule has 0 aliphatic carbocycles. The molecule has 0 radical (unpaired) electrons. The Hall–Kier alpha value is -1.65. The molecular weight excluding hydrogens is 465 g/mol. The van der Waals surface area contributed by atoms with Gasteiger partial charge in [-0.2, -0.15) is 0 Å². The maximum absolute atomic E-state index is 12.8. The first-order chi connectivity index (χ1) is 15.3. The third-order valence-corrected chi connectivity index (χ3v) is 4.82. The second-order valence-electron chi connectivity index (χ2n) is 6.33. The van der Waals surface area contributed by atoms with Gasteiger partial charge in [-0.25, -0.2) is 8.78 Å². The van der Waals surface area contributed by atoms with Crippen LogP contribution in [-0.2, 0) is 25.5 Å². The van der Waals surface area contributed by atoms with Crippen molar-refractivity contribution >= 4 is 29.4 Å². The van der Waals surface area contributed by atoms with Gasteiger partial charge in [-0.1, -0.05) is 29.3 Å². The van der Waals surface area contributed by atoms with Crippen LogP contribution in [0.4, 0.5) is 8.78 Å². The molecule has 2 aromatic carbocycles. The molecule has 0 saturated heterocycles. The Morgan fingerprint density at radius 3 is 1.97 bits per heavy atom. The summed E-state index contributed by atoms with van der Waals surface area (Å²) in [6.45, 7) is 1.45. The van der Waals surface area contributed by atoms with Crippen molar-refractivity contribution in [2.75, 3.05) is 41.5 Å². The van der Waals surface area contributed by atoms with Crippen LogP contribution < -0.4 is 5.32 Å². The molecule has 0 fully saturated rings. The van der Waals surface area contributed by atoms with Crippen LogP contribution in [0.5, 0.6) is 0 Å². The average Bonchev–Trinajstić information content (AvgIpc) is 2.77. The fourth-order valence-electron chi connectivity index (χ4n) is 2.34. The molecule has 178 valence electrons. The summed E-state index contributed by atoms with van der Waals surface area (Å²) in [5.41, 5.74) is 1.50. The molecule has 0 amide bonds. The van der Waals surface area contributed by atoms with E-state index in [0.29, 0.717) is 35.2 Å². The fraction of sp³-hybridized carbons (Fsp3) is 0.409. The molecule has 2 rings (SSSR count). The highest BCUT2D eigenvalue weighted by atomic mass is 35.5. The highest BCUT2D eigenvalue weighted by Crippen LogP contribution is 2.17. The van der Waals surface area contributed by atoms with Gasteiger partial charge in [0.25, 0.3) is 0 Å². The minimum absolute atomic E-state index is 0.292. The monoisotopic (exact) mass is 492 g/mol. The zero-order valence-electron chi connectivity index (χ0n) is 18.4. The molecule has 0 aromatic heterocycles. The number of nitrogens with one attached hydrogen (secondary N) is 1. The largest absolute Gasteiger partial charge is 0.355 e. The summed E-state index contributed by atoms with van der Waals surface area (Å²) >= 11 is 11.7. The van der Waals surface area contributed by atoms with Gasteiger partial charge in [-0.3, -0.25) is 4.99 Å².